The molecule has 0 unspecified atom stereocenters. The number of benzene rings is 1. The van der Waals surface area contributed by atoms with Gasteiger partial charge < -0.3 is 5.73 Å². The molecule has 1 aromatic carbocycles. The highest BCUT2D eigenvalue weighted by atomic mass is 32.2. The molecule has 10 heavy (non-hydrogen) atoms. The third-order valence-electron chi connectivity index (χ3n) is 1.74. The molecule has 1 atom stereocenters. The minimum Gasteiger partial charge on any atom is -0.323 e. The zero-order chi connectivity index (χ0) is 6.97. The minimum atomic E-state index is 0.265. The number of hydrogen-bond acceptors (Lipinski definition) is 2. The van der Waals surface area contributed by atoms with Crippen LogP contribution in [0, 0.1) is 0 Å². The molecule has 0 fully saturated rings. The van der Waals surface area contributed by atoms with E-state index < -0.39 is 0 Å². The normalized spacial score (nSPS) is 22.7. The molecule has 0 radical (unpaired) electrons. The fraction of sp³-hybridized carbons (Fsp3) is 0.250. The maximum absolute atomic E-state index is 5.83. The van der Waals surface area contributed by atoms with Crippen molar-refractivity contribution in [1.82, 2.24) is 0 Å². The van der Waals surface area contributed by atoms with Crippen LogP contribution < -0.4 is 5.73 Å². The van der Waals surface area contributed by atoms with Crippen LogP contribution in [-0.4, -0.2) is 5.75 Å². The van der Waals surface area contributed by atoms with Crippen LogP contribution in [0.3, 0.4) is 0 Å². The Morgan fingerprint density at radius 2 is 2.20 bits per heavy atom. The van der Waals surface area contributed by atoms with Gasteiger partial charge in [-0.15, -0.1) is 11.8 Å². The van der Waals surface area contributed by atoms with Gasteiger partial charge in [-0.3, -0.25) is 0 Å². The van der Waals surface area contributed by atoms with E-state index >= 15 is 0 Å². The smallest absolute Gasteiger partial charge is 0.0401 e. The van der Waals surface area contributed by atoms with Crippen LogP contribution in [0.15, 0.2) is 29.2 Å². The summed E-state index contributed by atoms with van der Waals surface area (Å²) in [5, 5.41) is 0. The van der Waals surface area contributed by atoms with Crippen molar-refractivity contribution in [2.45, 2.75) is 10.9 Å². The Hall–Kier alpha value is -0.470. The van der Waals surface area contributed by atoms with Crippen molar-refractivity contribution >= 4 is 11.8 Å². The molecule has 1 aliphatic heterocycles. The standard InChI is InChI=1S/C8H9NS/c9-7-5-10-8-4-2-1-3-6(7)8/h1-4,7H,5,9H2/t7-/m0/s1. The van der Waals surface area contributed by atoms with Gasteiger partial charge in [0.15, 0.2) is 0 Å². The van der Waals surface area contributed by atoms with E-state index in [0.29, 0.717) is 0 Å². The van der Waals surface area contributed by atoms with E-state index in [1.807, 2.05) is 17.8 Å². The molecule has 0 bridgehead atoms. The van der Waals surface area contributed by atoms with Crippen LogP contribution in [0.5, 0.6) is 0 Å². The SMILES string of the molecule is N[C@H]1CSc2ccccc21. The highest BCUT2D eigenvalue weighted by Crippen LogP contribution is 2.35. The average molecular weight is 151 g/mol. The van der Waals surface area contributed by atoms with Crippen molar-refractivity contribution in [3.05, 3.63) is 29.8 Å². The van der Waals surface area contributed by atoms with Crippen molar-refractivity contribution in [1.29, 1.82) is 0 Å². The van der Waals surface area contributed by atoms with Gasteiger partial charge in [-0.1, -0.05) is 18.2 Å². The number of rotatable bonds is 0. The number of hydrogen-bond donors (Lipinski definition) is 1. The Morgan fingerprint density at radius 3 is 3.00 bits per heavy atom. The van der Waals surface area contributed by atoms with Gasteiger partial charge in [0.05, 0.1) is 0 Å². The Balaban J connectivity index is 2.51. The van der Waals surface area contributed by atoms with Crippen molar-refractivity contribution in [3.8, 4) is 0 Å². The highest BCUT2D eigenvalue weighted by molar-refractivity contribution is 7.99. The van der Waals surface area contributed by atoms with Crippen LogP contribution in [0.1, 0.15) is 11.6 Å². The van der Waals surface area contributed by atoms with Crippen molar-refractivity contribution in [3.63, 3.8) is 0 Å². The molecule has 1 nitrogen and oxygen atoms in total. The van der Waals surface area contributed by atoms with Gasteiger partial charge in [0.1, 0.15) is 0 Å². The van der Waals surface area contributed by atoms with Gasteiger partial charge in [0, 0.05) is 16.7 Å². The summed E-state index contributed by atoms with van der Waals surface area (Å²) in [6, 6.07) is 8.61. The van der Waals surface area contributed by atoms with E-state index in [-0.39, 0.29) is 6.04 Å². The Kier molecular flexibility index (Phi) is 1.43. The minimum absolute atomic E-state index is 0.265. The third-order valence-corrected chi connectivity index (χ3v) is 2.95. The molecule has 0 spiro atoms. The zero-order valence-corrected chi connectivity index (χ0v) is 6.40. The summed E-state index contributed by atoms with van der Waals surface area (Å²) in [6.07, 6.45) is 0. The quantitative estimate of drug-likeness (QED) is 0.611. The molecule has 1 heterocycles. The Bertz CT molecular complexity index is 247. The molecule has 0 saturated carbocycles. The lowest BCUT2D eigenvalue weighted by Crippen LogP contribution is -2.07. The second-order valence-electron chi connectivity index (χ2n) is 2.46. The molecule has 2 N–H and O–H groups in total. The van der Waals surface area contributed by atoms with E-state index in [2.05, 4.69) is 18.2 Å². The maximum atomic E-state index is 5.83. The van der Waals surface area contributed by atoms with E-state index in [1.54, 1.807) is 0 Å². The zero-order valence-electron chi connectivity index (χ0n) is 5.58. The molecule has 52 valence electrons. The first-order chi connectivity index (χ1) is 4.88. The topological polar surface area (TPSA) is 26.0 Å². The van der Waals surface area contributed by atoms with E-state index in [4.69, 9.17) is 5.73 Å². The molecule has 0 saturated heterocycles. The van der Waals surface area contributed by atoms with E-state index in [1.165, 1.54) is 10.5 Å². The fourth-order valence-corrected chi connectivity index (χ4v) is 2.29. The van der Waals surface area contributed by atoms with Gasteiger partial charge in [0.2, 0.25) is 0 Å². The van der Waals surface area contributed by atoms with E-state index in [9.17, 15) is 0 Å². The summed E-state index contributed by atoms with van der Waals surface area (Å²) in [6.45, 7) is 0. The van der Waals surface area contributed by atoms with Crippen LogP contribution in [0.25, 0.3) is 0 Å². The largest absolute Gasteiger partial charge is 0.323 e. The van der Waals surface area contributed by atoms with Gasteiger partial charge in [0.25, 0.3) is 0 Å². The molecular formula is C8H9NS. The molecule has 1 aromatic rings. The lowest BCUT2D eigenvalue weighted by molar-refractivity contribution is 0.834. The van der Waals surface area contributed by atoms with Crippen molar-refractivity contribution in [2.24, 2.45) is 5.73 Å². The maximum Gasteiger partial charge on any atom is 0.0401 e. The predicted octanol–water partition coefficient (Wildman–Crippen LogP) is 1.79. The summed E-state index contributed by atoms with van der Waals surface area (Å²) in [4.78, 5) is 1.36. The summed E-state index contributed by atoms with van der Waals surface area (Å²) in [7, 11) is 0. The number of thioether (sulfide) groups is 1. The summed E-state index contributed by atoms with van der Waals surface area (Å²) < 4.78 is 0. The van der Waals surface area contributed by atoms with Crippen LogP contribution in [-0.2, 0) is 0 Å². The third kappa shape index (κ3) is 0.842. The molecule has 1 aliphatic rings. The summed E-state index contributed by atoms with van der Waals surface area (Å²) >= 11 is 1.85. The van der Waals surface area contributed by atoms with Gasteiger partial charge in [-0.25, -0.2) is 0 Å². The first-order valence-corrected chi connectivity index (χ1v) is 4.34. The summed E-state index contributed by atoms with van der Waals surface area (Å²) in [5.41, 5.74) is 7.14. The molecule has 0 aliphatic carbocycles. The molecule has 0 aromatic heterocycles. The first-order valence-electron chi connectivity index (χ1n) is 3.35. The molecule has 2 heteroatoms. The highest BCUT2D eigenvalue weighted by Gasteiger charge is 2.17. The predicted molar refractivity (Wildman–Crippen MR) is 44.1 cm³/mol. The van der Waals surface area contributed by atoms with Crippen molar-refractivity contribution in [2.75, 3.05) is 5.75 Å². The fourth-order valence-electron chi connectivity index (χ4n) is 1.19. The monoisotopic (exact) mass is 151 g/mol. The van der Waals surface area contributed by atoms with Crippen LogP contribution in [0.4, 0.5) is 0 Å². The van der Waals surface area contributed by atoms with Gasteiger partial charge >= 0.3 is 0 Å². The lowest BCUT2D eigenvalue weighted by atomic mass is 10.1. The number of nitrogens with two attached hydrogens (primary N) is 1. The Labute approximate surface area is 64.6 Å². The summed E-state index contributed by atoms with van der Waals surface area (Å²) in [5.74, 6) is 1.04. The Morgan fingerprint density at radius 1 is 1.40 bits per heavy atom. The molecular weight excluding hydrogens is 142 g/mol. The number of fused-ring (bicyclic) bond motifs is 1. The average Bonchev–Trinajstić information content (AvgIpc) is 2.34. The van der Waals surface area contributed by atoms with Gasteiger partial charge in [-0.05, 0) is 11.6 Å². The van der Waals surface area contributed by atoms with Crippen LogP contribution >= 0.6 is 11.8 Å². The second-order valence-corrected chi connectivity index (χ2v) is 3.52. The second kappa shape index (κ2) is 2.29. The molecule has 0 amide bonds. The van der Waals surface area contributed by atoms with Gasteiger partial charge in [-0.2, -0.15) is 0 Å². The molecule has 2 rings (SSSR count). The van der Waals surface area contributed by atoms with Crippen molar-refractivity contribution < 1.29 is 0 Å². The van der Waals surface area contributed by atoms with Crippen LogP contribution in [0.2, 0.25) is 0 Å². The van der Waals surface area contributed by atoms with E-state index in [0.717, 1.165) is 5.75 Å². The lowest BCUT2D eigenvalue weighted by Gasteiger charge is -2.00. The first kappa shape index (κ1) is 6.25.